The zero-order valence-electron chi connectivity index (χ0n) is 26.6. The number of carbonyl (C=O) groups excluding carboxylic acids is 3. The summed E-state index contributed by atoms with van der Waals surface area (Å²) in [5.74, 6) is -0.911. The van der Waals surface area contributed by atoms with Crippen molar-refractivity contribution in [2.75, 3.05) is 11.9 Å². The Labute approximate surface area is 270 Å². The first kappa shape index (κ1) is 35.2. The van der Waals surface area contributed by atoms with Crippen LogP contribution in [0.5, 0.6) is 11.5 Å². The maximum Gasteiger partial charge on any atom is 0.408 e. The van der Waals surface area contributed by atoms with Crippen molar-refractivity contribution in [1.29, 1.82) is 0 Å². The topological polar surface area (TPSA) is 128 Å². The van der Waals surface area contributed by atoms with Crippen molar-refractivity contribution in [2.24, 2.45) is 0 Å². The van der Waals surface area contributed by atoms with E-state index in [1.165, 1.54) is 29.2 Å². The molecular formula is C35H44ClN3O6. The largest absolute Gasteiger partial charge is 0.508 e. The van der Waals surface area contributed by atoms with Crippen LogP contribution in [0, 0.1) is 6.92 Å². The number of phenols is 2. The zero-order chi connectivity index (χ0) is 33.1. The molecule has 0 fully saturated rings. The van der Waals surface area contributed by atoms with Gasteiger partial charge in [-0.1, -0.05) is 74.2 Å². The number of aromatic hydroxyl groups is 2. The summed E-state index contributed by atoms with van der Waals surface area (Å²) in [7, 11) is 0. The molecule has 0 aromatic heterocycles. The molecule has 0 radical (unpaired) electrons. The standard InChI is InChI=1S/C35H44ClN3O6/c1-6-7-8-9-21-39(33(43)29(37-34(44)45-35(3,4)5)22-24-13-17-26(40)18-14-24)31(25-15-19-27(41)20-16-25)32(42)38-30-23(2)11-10-12-28(30)36/h10-20,29,31,40-41H,6-9,21-22H2,1-5H3,(H,37,44)(H,38,42). The van der Waals surface area contributed by atoms with E-state index < -0.39 is 35.6 Å². The number of nitrogens with one attached hydrogen (secondary N) is 2. The Bertz CT molecular complexity index is 1420. The molecule has 9 nitrogen and oxygen atoms in total. The molecule has 242 valence electrons. The Kier molecular flexibility index (Phi) is 12.7. The smallest absolute Gasteiger partial charge is 0.408 e. The molecule has 0 heterocycles. The Hall–Kier alpha value is -4.24. The number of amides is 3. The van der Waals surface area contributed by atoms with E-state index in [1.807, 2.05) is 13.0 Å². The fourth-order valence-corrected chi connectivity index (χ4v) is 5.17. The van der Waals surface area contributed by atoms with Crippen molar-refractivity contribution >= 4 is 35.2 Å². The summed E-state index contributed by atoms with van der Waals surface area (Å²) in [5, 5.41) is 25.8. The fourth-order valence-electron chi connectivity index (χ4n) is 4.90. The number of nitrogens with zero attached hydrogens (tertiary/aromatic N) is 1. The van der Waals surface area contributed by atoms with Gasteiger partial charge < -0.3 is 30.5 Å². The third-order valence-corrected chi connectivity index (χ3v) is 7.45. The summed E-state index contributed by atoms with van der Waals surface area (Å²) in [6.07, 6.45) is 2.68. The monoisotopic (exact) mass is 637 g/mol. The predicted octanol–water partition coefficient (Wildman–Crippen LogP) is 7.28. The Morgan fingerprint density at radius 3 is 2.11 bits per heavy atom. The van der Waals surface area contributed by atoms with Gasteiger partial charge in [0.15, 0.2) is 0 Å². The average Bonchev–Trinajstić information content (AvgIpc) is 2.97. The molecule has 4 N–H and O–H groups in total. The molecule has 45 heavy (non-hydrogen) atoms. The number of halogens is 1. The van der Waals surface area contributed by atoms with Gasteiger partial charge in [-0.05, 0) is 81.1 Å². The van der Waals surface area contributed by atoms with Crippen LogP contribution < -0.4 is 10.6 Å². The lowest BCUT2D eigenvalue weighted by atomic mass is 9.99. The van der Waals surface area contributed by atoms with Crippen LogP contribution in [-0.2, 0) is 20.7 Å². The molecule has 2 atom stereocenters. The molecule has 10 heteroatoms. The van der Waals surface area contributed by atoms with Gasteiger partial charge in [-0.2, -0.15) is 0 Å². The summed E-state index contributed by atoms with van der Waals surface area (Å²) in [5.41, 5.74) is 1.53. The van der Waals surface area contributed by atoms with Gasteiger partial charge in [0.2, 0.25) is 5.91 Å². The van der Waals surface area contributed by atoms with Gasteiger partial charge in [0.25, 0.3) is 5.91 Å². The van der Waals surface area contributed by atoms with Gasteiger partial charge in [0.05, 0.1) is 10.7 Å². The predicted molar refractivity (Wildman–Crippen MR) is 176 cm³/mol. The molecule has 0 aliphatic heterocycles. The van der Waals surface area contributed by atoms with E-state index in [1.54, 1.807) is 57.2 Å². The molecule has 2 unspecified atom stereocenters. The van der Waals surface area contributed by atoms with Crippen molar-refractivity contribution in [2.45, 2.75) is 84.4 Å². The van der Waals surface area contributed by atoms with Crippen LogP contribution in [0.4, 0.5) is 10.5 Å². The second kappa shape index (κ2) is 16.2. The number of anilines is 1. The maximum atomic E-state index is 14.6. The molecule has 3 aromatic rings. The number of benzene rings is 3. The van der Waals surface area contributed by atoms with Gasteiger partial charge in [-0.25, -0.2) is 4.79 Å². The van der Waals surface area contributed by atoms with E-state index in [0.29, 0.717) is 28.3 Å². The number of para-hydroxylation sites is 1. The Morgan fingerprint density at radius 2 is 1.53 bits per heavy atom. The summed E-state index contributed by atoms with van der Waals surface area (Å²) in [4.78, 5) is 43.3. The number of hydrogen-bond acceptors (Lipinski definition) is 6. The van der Waals surface area contributed by atoms with E-state index in [-0.39, 0.29) is 24.5 Å². The second-order valence-corrected chi connectivity index (χ2v) is 12.5. The van der Waals surface area contributed by atoms with Gasteiger partial charge in [-0.15, -0.1) is 0 Å². The molecule has 0 aliphatic carbocycles. The van der Waals surface area contributed by atoms with E-state index in [4.69, 9.17) is 16.3 Å². The highest BCUT2D eigenvalue weighted by Gasteiger charge is 2.36. The minimum atomic E-state index is -1.13. The summed E-state index contributed by atoms with van der Waals surface area (Å²) in [6.45, 7) is 9.31. The quantitative estimate of drug-likeness (QED) is 0.146. The molecule has 0 bridgehead atoms. The number of aryl methyl sites for hydroxylation is 1. The van der Waals surface area contributed by atoms with Gasteiger partial charge in [0, 0.05) is 13.0 Å². The molecule has 0 spiro atoms. The summed E-state index contributed by atoms with van der Waals surface area (Å²) >= 11 is 6.46. The van der Waals surface area contributed by atoms with E-state index in [9.17, 15) is 24.6 Å². The fraction of sp³-hybridized carbons (Fsp3) is 0.400. The van der Waals surface area contributed by atoms with Gasteiger partial charge in [0.1, 0.15) is 29.2 Å². The number of phenolic OH excluding ortho intramolecular Hbond substituents is 2. The van der Waals surface area contributed by atoms with E-state index in [0.717, 1.165) is 24.8 Å². The van der Waals surface area contributed by atoms with Crippen LogP contribution in [-0.4, -0.2) is 51.2 Å². The van der Waals surface area contributed by atoms with Gasteiger partial charge >= 0.3 is 6.09 Å². The van der Waals surface area contributed by atoms with Crippen LogP contribution in [0.1, 0.15) is 76.1 Å². The Balaban J connectivity index is 2.09. The number of rotatable bonds is 13. The molecule has 3 amide bonds. The molecule has 0 saturated carbocycles. The number of hydrogen-bond donors (Lipinski definition) is 4. The maximum absolute atomic E-state index is 14.6. The minimum Gasteiger partial charge on any atom is -0.508 e. The van der Waals surface area contributed by atoms with Crippen molar-refractivity contribution in [3.63, 3.8) is 0 Å². The zero-order valence-corrected chi connectivity index (χ0v) is 27.4. The number of carbonyl (C=O) groups is 3. The first-order valence-corrected chi connectivity index (χ1v) is 15.6. The number of unbranched alkanes of at least 4 members (excludes halogenated alkanes) is 3. The summed E-state index contributed by atoms with van der Waals surface area (Å²) in [6, 6.07) is 15.5. The van der Waals surface area contributed by atoms with Gasteiger partial charge in [-0.3, -0.25) is 9.59 Å². The lowest BCUT2D eigenvalue weighted by Gasteiger charge is -2.35. The highest BCUT2D eigenvalue weighted by molar-refractivity contribution is 6.34. The lowest BCUT2D eigenvalue weighted by molar-refractivity contribution is -0.140. The van der Waals surface area contributed by atoms with Crippen LogP contribution in [0.15, 0.2) is 66.7 Å². The third-order valence-electron chi connectivity index (χ3n) is 7.14. The number of ether oxygens (including phenoxy) is 1. The Morgan fingerprint density at radius 1 is 0.911 bits per heavy atom. The second-order valence-electron chi connectivity index (χ2n) is 12.1. The van der Waals surface area contributed by atoms with Crippen LogP contribution in [0.3, 0.4) is 0 Å². The average molecular weight is 638 g/mol. The van der Waals surface area contributed by atoms with E-state index >= 15 is 0 Å². The highest BCUT2D eigenvalue weighted by Crippen LogP contribution is 2.30. The third kappa shape index (κ3) is 10.7. The molecular weight excluding hydrogens is 594 g/mol. The minimum absolute atomic E-state index is 0.0116. The number of alkyl carbamates (subject to hydrolysis) is 1. The van der Waals surface area contributed by atoms with Crippen molar-refractivity contribution < 1.29 is 29.3 Å². The van der Waals surface area contributed by atoms with E-state index in [2.05, 4.69) is 17.6 Å². The van der Waals surface area contributed by atoms with Crippen molar-refractivity contribution in [1.82, 2.24) is 10.2 Å². The molecule has 0 saturated heterocycles. The lowest BCUT2D eigenvalue weighted by Crippen LogP contribution is -2.53. The molecule has 3 aromatic carbocycles. The van der Waals surface area contributed by atoms with Crippen LogP contribution in [0.25, 0.3) is 0 Å². The van der Waals surface area contributed by atoms with Crippen LogP contribution >= 0.6 is 11.6 Å². The molecule has 0 aliphatic rings. The highest BCUT2D eigenvalue weighted by atomic mass is 35.5. The first-order chi connectivity index (χ1) is 21.3. The van der Waals surface area contributed by atoms with Crippen LogP contribution in [0.2, 0.25) is 5.02 Å². The molecule has 3 rings (SSSR count). The van der Waals surface area contributed by atoms with Crippen molar-refractivity contribution in [3.8, 4) is 11.5 Å². The first-order valence-electron chi connectivity index (χ1n) is 15.2. The normalized spacial score (nSPS) is 12.6. The SMILES string of the molecule is CCCCCCN(C(=O)C(Cc1ccc(O)cc1)NC(=O)OC(C)(C)C)C(C(=O)Nc1c(C)cccc1Cl)c1ccc(O)cc1. The van der Waals surface area contributed by atoms with Crippen molar-refractivity contribution in [3.05, 3.63) is 88.4 Å². The summed E-state index contributed by atoms with van der Waals surface area (Å²) < 4.78 is 5.50.